The summed E-state index contributed by atoms with van der Waals surface area (Å²) in [5.41, 5.74) is 9.11. The molecule has 1 unspecified atom stereocenters. The lowest BCUT2D eigenvalue weighted by molar-refractivity contribution is 0.0864. The van der Waals surface area contributed by atoms with Crippen molar-refractivity contribution in [2.75, 3.05) is 13.2 Å². The van der Waals surface area contributed by atoms with Crippen LogP contribution in [0, 0.1) is 6.92 Å². The van der Waals surface area contributed by atoms with Crippen LogP contribution in [-0.4, -0.2) is 13.2 Å². The van der Waals surface area contributed by atoms with Crippen LogP contribution < -0.4 is 5.73 Å². The molecule has 2 aromatic rings. The van der Waals surface area contributed by atoms with E-state index in [9.17, 15) is 0 Å². The molecule has 0 aliphatic carbocycles. The van der Waals surface area contributed by atoms with Crippen LogP contribution in [0.3, 0.4) is 0 Å². The number of benzene rings is 2. The van der Waals surface area contributed by atoms with Gasteiger partial charge in [-0.3, -0.25) is 0 Å². The van der Waals surface area contributed by atoms with Gasteiger partial charge in [-0.05, 0) is 18.1 Å². The highest BCUT2D eigenvalue weighted by molar-refractivity contribution is 5.31. The van der Waals surface area contributed by atoms with Gasteiger partial charge in [-0.15, -0.1) is 0 Å². The molecule has 2 N–H and O–H groups in total. The maximum absolute atomic E-state index is 5.88. The third kappa shape index (κ3) is 3.19. The standard InChI is InChI=1S/C16H19NO/c1-13-7-9-15(10-8-13)16(18-12-11-17)14-5-3-2-4-6-14/h2-10,16H,11-12,17H2,1H3. The Labute approximate surface area is 108 Å². The molecule has 0 saturated heterocycles. The molecular formula is C16H19NO. The van der Waals surface area contributed by atoms with Crippen LogP contribution in [0.2, 0.25) is 0 Å². The largest absolute Gasteiger partial charge is 0.367 e. The van der Waals surface area contributed by atoms with Gasteiger partial charge in [0.15, 0.2) is 0 Å². The molecule has 0 fully saturated rings. The summed E-state index contributed by atoms with van der Waals surface area (Å²) < 4.78 is 5.88. The summed E-state index contributed by atoms with van der Waals surface area (Å²) in [6.07, 6.45) is -0.0321. The van der Waals surface area contributed by atoms with Crippen molar-refractivity contribution in [3.05, 3.63) is 71.3 Å². The highest BCUT2D eigenvalue weighted by Crippen LogP contribution is 2.25. The lowest BCUT2D eigenvalue weighted by atomic mass is 10.0. The first-order valence-electron chi connectivity index (χ1n) is 6.24. The van der Waals surface area contributed by atoms with E-state index in [0.29, 0.717) is 13.2 Å². The average molecular weight is 241 g/mol. The van der Waals surface area contributed by atoms with Gasteiger partial charge in [0.25, 0.3) is 0 Å². The zero-order chi connectivity index (χ0) is 12.8. The molecule has 0 aromatic heterocycles. The van der Waals surface area contributed by atoms with Gasteiger partial charge in [0.05, 0.1) is 6.61 Å². The molecule has 18 heavy (non-hydrogen) atoms. The topological polar surface area (TPSA) is 35.2 Å². The predicted octanol–water partition coefficient (Wildman–Crippen LogP) is 3.06. The van der Waals surface area contributed by atoms with Crippen LogP contribution in [0.5, 0.6) is 0 Å². The molecule has 0 aliphatic rings. The van der Waals surface area contributed by atoms with Crippen LogP contribution in [0.25, 0.3) is 0 Å². The van der Waals surface area contributed by atoms with E-state index in [4.69, 9.17) is 10.5 Å². The highest BCUT2D eigenvalue weighted by Gasteiger charge is 2.13. The summed E-state index contributed by atoms with van der Waals surface area (Å²) >= 11 is 0. The molecule has 2 aromatic carbocycles. The van der Waals surface area contributed by atoms with Crippen molar-refractivity contribution < 1.29 is 4.74 Å². The number of aryl methyl sites for hydroxylation is 1. The monoisotopic (exact) mass is 241 g/mol. The fourth-order valence-corrected chi connectivity index (χ4v) is 1.94. The second-order valence-electron chi connectivity index (χ2n) is 4.36. The van der Waals surface area contributed by atoms with Crippen LogP contribution in [0.15, 0.2) is 54.6 Å². The molecule has 2 nitrogen and oxygen atoms in total. The quantitative estimate of drug-likeness (QED) is 0.873. The summed E-state index contributed by atoms with van der Waals surface area (Å²) in [7, 11) is 0. The summed E-state index contributed by atoms with van der Waals surface area (Å²) in [5.74, 6) is 0. The fraction of sp³-hybridized carbons (Fsp3) is 0.250. The van der Waals surface area contributed by atoms with Gasteiger partial charge in [0.1, 0.15) is 6.10 Å². The van der Waals surface area contributed by atoms with E-state index in [0.717, 1.165) is 5.56 Å². The molecule has 0 radical (unpaired) electrons. The predicted molar refractivity (Wildman–Crippen MR) is 74.5 cm³/mol. The first-order valence-corrected chi connectivity index (χ1v) is 6.24. The Balaban J connectivity index is 2.27. The van der Waals surface area contributed by atoms with Gasteiger partial charge in [-0.1, -0.05) is 60.2 Å². The maximum Gasteiger partial charge on any atom is 0.108 e. The third-order valence-corrected chi connectivity index (χ3v) is 2.88. The van der Waals surface area contributed by atoms with E-state index in [1.807, 2.05) is 18.2 Å². The van der Waals surface area contributed by atoms with Crippen molar-refractivity contribution in [3.8, 4) is 0 Å². The van der Waals surface area contributed by atoms with Gasteiger partial charge in [0.2, 0.25) is 0 Å². The lowest BCUT2D eigenvalue weighted by Gasteiger charge is -2.18. The lowest BCUT2D eigenvalue weighted by Crippen LogP contribution is -2.13. The van der Waals surface area contributed by atoms with Crippen LogP contribution in [0.1, 0.15) is 22.8 Å². The first kappa shape index (κ1) is 12.8. The van der Waals surface area contributed by atoms with Crippen molar-refractivity contribution >= 4 is 0 Å². The molecule has 2 rings (SSSR count). The Hall–Kier alpha value is -1.64. The Morgan fingerprint density at radius 3 is 2.17 bits per heavy atom. The number of nitrogens with two attached hydrogens (primary N) is 1. The first-order chi connectivity index (χ1) is 8.81. The molecule has 0 amide bonds. The van der Waals surface area contributed by atoms with E-state index in [1.54, 1.807) is 0 Å². The van der Waals surface area contributed by atoms with Crippen molar-refractivity contribution in [3.63, 3.8) is 0 Å². The van der Waals surface area contributed by atoms with Crippen LogP contribution in [0.4, 0.5) is 0 Å². The molecule has 1 atom stereocenters. The van der Waals surface area contributed by atoms with Gasteiger partial charge in [-0.2, -0.15) is 0 Å². The number of ether oxygens (including phenoxy) is 1. The fourth-order valence-electron chi connectivity index (χ4n) is 1.94. The van der Waals surface area contributed by atoms with Crippen molar-refractivity contribution in [2.24, 2.45) is 5.73 Å². The Kier molecular flexibility index (Phi) is 4.51. The van der Waals surface area contributed by atoms with E-state index in [1.165, 1.54) is 11.1 Å². The van der Waals surface area contributed by atoms with Crippen LogP contribution >= 0.6 is 0 Å². The minimum atomic E-state index is -0.0321. The molecule has 0 saturated carbocycles. The molecule has 0 bridgehead atoms. The van der Waals surface area contributed by atoms with Crippen molar-refractivity contribution in [1.29, 1.82) is 0 Å². The SMILES string of the molecule is Cc1ccc(C(OCCN)c2ccccc2)cc1. The Morgan fingerprint density at radius 1 is 0.944 bits per heavy atom. The molecule has 94 valence electrons. The number of hydrogen-bond acceptors (Lipinski definition) is 2. The normalized spacial score (nSPS) is 12.3. The zero-order valence-corrected chi connectivity index (χ0v) is 10.7. The van der Waals surface area contributed by atoms with Gasteiger partial charge in [-0.25, -0.2) is 0 Å². The minimum Gasteiger partial charge on any atom is -0.367 e. The maximum atomic E-state index is 5.88. The van der Waals surface area contributed by atoms with Crippen molar-refractivity contribution in [2.45, 2.75) is 13.0 Å². The van der Waals surface area contributed by atoms with Gasteiger partial charge >= 0.3 is 0 Å². The molecule has 0 spiro atoms. The van der Waals surface area contributed by atoms with Crippen molar-refractivity contribution in [1.82, 2.24) is 0 Å². The second kappa shape index (κ2) is 6.34. The van der Waals surface area contributed by atoms with E-state index in [-0.39, 0.29) is 6.10 Å². The summed E-state index contributed by atoms with van der Waals surface area (Å²) in [5, 5.41) is 0. The molecule has 2 heteroatoms. The Morgan fingerprint density at radius 2 is 1.56 bits per heavy atom. The summed E-state index contributed by atoms with van der Waals surface area (Å²) in [4.78, 5) is 0. The number of rotatable bonds is 5. The third-order valence-electron chi connectivity index (χ3n) is 2.88. The zero-order valence-electron chi connectivity index (χ0n) is 10.7. The van der Waals surface area contributed by atoms with Crippen LogP contribution in [-0.2, 0) is 4.74 Å². The average Bonchev–Trinajstić information content (AvgIpc) is 2.42. The van der Waals surface area contributed by atoms with E-state index in [2.05, 4.69) is 43.3 Å². The van der Waals surface area contributed by atoms with Gasteiger partial charge in [0, 0.05) is 6.54 Å². The minimum absolute atomic E-state index is 0.0321. The molecular weight excluding hydrogens is 222 g/mol. The number of hydrogen-bond donors (Lipinski definition) is 1. The van der Waals surface area contributed by atoms with E-state index < -0.39 is 0 Å². The second-order valence-corrected chi connectivity index (χ2v) is 4.36. The molecule has 0 aliphatic heterocycles. The smallest absolute Gasteiger partial charge is 0.108 e. The Bertz CT molecular complexity index is 464. The van der Waals surface area contributed by atoms with Gasteiger partial charge < -0.3 is 10.5 Å². The molecule has 0 heterocycles. The van der Waals surface area contributed by atoms with E-state index >= 15 is 0 Å². The summed E-state index contributed by atoms with van der Waals surface area (Å²) in [6, 6.07) is 18.7. The highest BCUT2D eigenvalue weighted by atomic mass is 16.5. The summed E-state index contributed by atoms with van der Waals surface area (Å²) in [6.45, 7) is 3.19.